The number of aryl methyl sites for hydroxylation is 1. The number of urea groups is 1. The quantitative estimate of drug-likeness (QED) is 0.811. The van der Waals surface area contributed by atoms with Crippen LogP contribution >= 0.6 is 11.3 Å². The SMILES string of the molecule is Cc1nc(NC(=O)Nc2ccccc2)sc1C(=O)NC1CC1. The highest BCUT2D eigenvalue weighted by atomic mass is 32.1. The molecule has 22 heavy (non-hydrogen) atoms. The number of aromatic nitrogens is 1. The summed E-state index contributed by atoms with van der Waals surface area (Å²) in [4.78, 5) is 28.7. The molecular weight excluding hydrogens is 300 g/mol. The maximum Gasteiger partial charge on any atom is 0.325 e. The van der Waals surface area contributed by atoms with Gasteiger partial charge in [0, 0.05) is 11.7 Å². The molecule has 0 atom stereocenters. The van der Waals surface area contributed by atoms with Gasteiger partial charge >= 0.3 is 6.03 Å². The van der Waals surface area contributed by atoms with Gasteiger partial charge in [-0.15, -0.1) is 0 Å². The Morgan fingerprint density at radius 2 is 1.91 bits per heavy atom. The van der Waals surface area contributed by atoms with Crippen LogP contribution < -0.4 is 16.0 Å². The van der Waals surface area contributed by atoms with Gasteiger partial charge < -0.3 is 10.6 Å². The Hall–Kier alpha value is -2.41. The smallest absolute Gasteiger partial charge is 0.325 e. The first-order valence-electron chi connectivity index (χ1n) is 7.03. The summed E-state index contributed by atoms with van der Waals surface area (Å²) in [5, 5.41) is 8.69. The molecular formula is C15H16N4O2S. The maximum atomic E-state index is 12.0. The first kappa shape index (κ1) is 14.5. The fourth-order valence-corrected chi connectivity index (χ4v) is 2.78. The molecule has 1 aliphatic rings. The molecule has 0 aliphatic heterocycles. The molecule has 0 radical (unpaired) electrons. The Kier molecular flexibility index (Phi) is 4.06. The van der Waals surface area contributed by atoms with Crippen molar-refractivity contribution in [1.82, 2.24) is 10.3 Å². The Labute approximate surface area is 132 Å². The second kappa shape index (κ2) is 6.15. The lowest BCUT2D eigenvalue weighted by Gasteiger charge is -2.04. The van der Waals surface area contributed by atoms with E-state index in [2.05, 4.69) is 20.9 Å². The molecule has 0 saturated heterocycles. The fraction of sp³-hybridized carbons (Fsp3) is 0.267. The molecule has 7 heteroatoms. The van der Waals surface area contributed by atoms with E-state index in [1.165, 1.54) is 11.3 Å². The number of carbonyl (C=O) groups is 2. The number of nitrogens with zero attached hydrogens (tertiary/aromatic N) is 1. The number of hydrogen-bond acceptors (Lipinski definition) is 4. The Bertz CT molecular complexity index is 695. The van der Waals surface area contributed by atoms with E-state index >= 15 is 0 Å². The number of anilines is 2. The first-order valence-corrected chi connectivity index (χ1v) is 7.85. The standard InChI is InChI=1S/C15H16N4O2S/c1-9-12(13(20)17-11-7-8-11)22-15(16-9)19-14(21)18-10-5-3-2-4-6-10/h2-6,11H,7-8H2,1H3,(H,17,20)(H2,16,18,19,21). The molecule has 1 fully saturated rings. The topological polar surface area (TPSA) is 83.1 Å². The first-order chi connectivity index (χ1) is 10.6. The van der Waals surface area contributed by atoms with Crippen LogP contribution in [0.4, 0.5) is 15.6 Å². The lowest BCUT2D eigenvalue weighted by molar-refractivity contribution is 0.0954. The summed E-state index contributed by atoms with van der Waals surface area (Å²) in [6.45, 7) is 1.76. The normalized spacial score (nSPS) is 13.5. The van der Waals surface area contributed by atoms with Crippen LogP contribution in [0.1, 0.15) is 28.2 Å². The summed E-state index contributed by atoms with van der Waals surface area (Å²) in [6, 6.07) is 9.05. The summed E-state index contributed by atoms with van der Waals surface area (Å²) in [5.74, 6) is -0.117. The van der Waals surface area contributed by atoms with Gasteiger partial charge in [-0.05, 0) is 31.9 Å². The highest BCUT2D eigenvalue weighted by Crippen LogP contribution is 2.25. The molecule has 0 bridgehead atoms. The lowest BCUT2D eigenvalue weighted by atomic mass is 10.3. The summed E-state index contributed by atoms with van der Waals surface area (Å²) >= 11 is 1.18. The fourth-order valence-electron chi connectivity index (χ4n) is 1.92. The van der Waals surface area contributed by atoms with E-state index in [0.717, 1.165) is 12.8 Å². The number of rotatable bonds is 4. The number of para-hydroxylation sites is 1. The largest absolute Gasteiger partial charge is 0.349 e. The van der Waals surface area contributed by atoms with E-state index in [-0.39, 0.29) is 11.9 Å². The van der Waals surface area contributed by atoms with Crippen LogP contribution in [0, 0.1) is 6.92 Å². The van der Waals surface area contributed by atoms with Gasteiger partial charge in [0.2, 0.25) is 0 Å². The van der Waals surface area contributed by atoms with Crippen molar-refractivity contribution in [1.29, 1.82) is 0 Å². The summed E-state index contributed by atoms with van der Waals surface area (Å²) in [7, 11) is 0. The van der Waals surface area contributed by atoms with Crippen molar-refractivity contribution < 1.29 is 9.59 Å². The average Bonchev–Trinajstić information content (AvgIpc) is 3.22. The zero-order valence-electron chi connectivity index (χ0n) is 12.1. The number of benzene rings is 1. The van der Waals surface area contributed by atoms with Crippen LogP contribution in [0.25, 0.3) is 0 Å². The predicted molar refractivity (Wildman–Crippen MR) is 86.4 cm³/mol. The van der Waals surface area contributed by atoms with Crippen molar-refractivity contribution in [2.24, 2.45) is 0 Å². The van der Waals surface area contributed by atoms with E-state index in [1.54, 1.807) is 19.1 Å². The molecule has 0 unspecified atom stereocenters. The number of hydrogen-bond donors (Lipinski definition) is 3. The van der Waals surface area contributed by atoms with E-state index in [9.17, 15) is 9.59 Å². The summed E-state index contributed by atoms with van der Waals surface area (Å²) < 4.78 is 0. The Morgan fingerprint density at radius 1 is 1.18 bits per heavy atom. The molecule has 1 saturated carbocycles. The molecule has 3 rings (SSSR count). The number of nitrogens with one attached hydrogen (secondary N) is 3. The van der Waals surface area contributed by atoms with Crippen molar-refractivity contribution in [3.05, 3.63) is 40.9 Å². The van der Waals surface area contributed by atoms with Crippen LogP contribution in [-0.4, -0.2) is 23.0 Å². The molecule has 6 nitrogen and oxygen atoms in total. The van der Waals surface area contributed by atoms with E-state index in [4.69, 9.17) is 0 Å². The van der Waals surface area contributed by atoms with E-state index < -0.39 is 0 Å². The third kappa shape index (κ3) is 3.62. The minimum Gasteiger partial charge on any atom is -0.349 e. The van der Waals surface area contributed by atoms with Crippen molar-refractivity contribution in [2.45, 2.75) is 25.8 Å². The summed E-state index contributed by atoms with van der Waals surface area (Å²) in [6.07, 6.45) is 2.07. The summed E-state index contributed by atoms with van der Waals surface area (Å²) in [5.41, 5.74) is 1.32. The second-order valence-electron chi connectivity index (χ2n) is 5.13. The molecule has 114 valence electrons. The minimum absolute atomic E-state index is 0.117. The van der Waals surface area contributed by atoms with Crippen LogP contribution in [0.2, 0.25) is 0 Å². The van der Waals surface area contributed by atoms with Gasteiger partial charge in [-0.3, -0.25) is 10.1 Å². The van der Waals surface area contributed by atoms with Gasteiger partial charge in [-0.1, -0.05) is 29.5 Å². The minimum atomic E-state index is -0.380. The van der Waals surface area contributed by atoms with Crippen molar-refractivity contribution in [3.63, 3.8) is 0 Å². The van der Waals surface area contributed by atoms with Crippen molar-refractivity contribution in [2.75, 3.05) is 10.6 Å². The predicted octanol–water partition coefficient (Wildman–Crippen LogP) is 2.99. The van der Waals surface area contributed by atoms with Gasteiger partial charge in [-0.2, -0.15) is 0 Å². The van der Waals surface area contributed by atoms with Crippen LogP contribution in [0.15, 0.2) is 30.3 Å². The Balaban J connectivity index is 1.62. The van der Waals surface area contributed by atoms with Gasteiger partial charge in [0.05, 0.1) is 5.69 Å². The van der Waals surface area contributed by atoms with Gasteiger partial charge in [0.15, 0.2) is 5.13 Å². The van der Waals surface area contributed by atoms with Crippen LogP contribution in [0.3, 0.4) is 0 Å². The number of carbonyl (C=O) groups excluding carboxylic acids is 2. The van der Waals surface area contributed by atoms with Gasteiger partial charge in [-0.25, -0.2) is 9.78 Å². The Morgan fingerprint density at radius 3 is 2.59 bits per heavy atom. The third-order valence-electron chi connectivity index (χ3n) is 3.17. The molecule has 1 aliphatic carbocycles. The van der Waals surface area contributed by atoms with Crippen LogP contribution in [-0.2, 0) is 0 Å². The maximum absolute atomic E-state index is 12.0. The monoisotopic (exact) mass is 316 g/mol. The van der Waals surface area contributed by atoms with E-state index in [0.29, 0.717) is 27.4 Å². The number of thiazole rings is 1. The molecule has 3 N–H and O–H groups in total. The number of amides is 3. The van der Waals surface area contributed by atoms with E-state index in [1.807, 2.05) is 18.2 Å². The molecule has 1 heterocycles. The van der Waals surface area contributed by atoms with Crippen molar-refractivity contribution >= 4 is 34.1 Å². The van der Waals surface area contributed by atoms with Crippen LogP contribution in [0.5, 0.6) is 0 Å². The highest BCUT2D eigenvalue weighted by Gasteiger charge is 2.26. The average molecular weight is 316 g/mol. The van der Waals surface area contributed by atoms with Gasteiger partial charge in [0.25, 0.3) is 5.91 Å². The van der Waals surface area contributed by atoms with Gasteiger partial charge in [0.1, 0.15) is 4.88 Å². The molecule has 1 aromatic heterocycles. The highest BCUT2D eigenvalue weighted by molar-refractivity contribution is 7.17. The molecule has 0 spiro atoms. The zero-order valence-corrected chi connectivity index (χ0v) is 12.9. The zero-order chi connectivity index (χ0) is 15.5. The van der Waals surface area contributed by atoms with Crippen molar-refractivity contribution in [3.8, 4) is 0 Å². The molecule has 3 amide bonds. The lowest BCUT2D eigenvalue weighted by Crippen LogP contribution is -2.25. The third-order valence-corrected chi connectivity index (χ3v) is 4.24. The second-order valence-corrected chi connectivity index (χ2v) is 6.13. The molecule has 2 aromatic rings. The molecule has 1 aromatic carbocycles.